The predicted octanol–water partition coefficient (Wildman–Crippen LogP) is 5.61. The molecule has 7 heteroatoms. The first-order chi connectivity index (χ1) is 16.8. The summed E-state index contributed by atoms with van der Waals surface area (Å²) in [4.78, 5) is 2.19. The van der Waals surface area contributed by atoms with E-state index < -0.39 is 11.9 Å². The fourth-order valence-electron chi connectivity index (χ4n) is 4.00. The average molecular weight is 484 g/mol. The van der Waals surface area contributed by atoms with Crippen LogP contribution in [0.3, 0.4) is 0 Å². The quantitative estimate of drug-likeness (QED) is 0.342. The zero-order valence-electron chi connectivity index (χ0n) is 21.4. The van der Waals surface area contributed by atoms with Crippen LogP contribution in [-0.2, 0) is 17.7 Å². The van der Waals surface area contributed by atoms with Gasteiger partial charge in [-0.25, -0.2) is 9.07 Å². The van der Waals surface area contributed by atoms with Gasteiger partial charge in [-0.2, -0.15) is 5.10 Å². The SMILES string of the molecule is CCc1nn(-c2ccccc2)c(Oc2ccccc2F)c1CN(CC(C)C)C[C@H](O)COC(C)C. The molecule has 0 aliphatic carbocycles. The minimum Gasteiger partial charge on any atom is -0.435 e. The molecule has 190 valence electrons. The van der Waals surface area contributed by atoms with Crippen LogP contribution in [0.25, 0.3) is 5.69 Å². The standard InChI is InChI=1S/C28H38FN3O3/c1-6-26-24(18-31(16-20(2)3)17-23(33)19-34-21(4)5)28(35-27-15-11-10-14-25(27)29)32(30-26)22-12-8-7-9-13-22/h7-15,20-21,23,33H,6,16-19H2,1-5H3/t23-/m0/s1. The first-order valence-electron chi connectivity index (χ1n) is 12.4. The Morgan fingerprint density at radius 1 is 1.00 bits per heavy atom. The van der Waals surface area contributed by atoms with E-state index in [0.717, 1.165) is 23.5 Å². The van der Waals surface area contributed by atoms with Crippen molar-refractivity contribution in [2.24, 2.45) is 5.92 Å². The lowest BCUT2D eigenvalue weighted by Crippen LogP contribution is -2.37. The number of para-hydroxylation sites is 2. The van der Waals surface area contributed by atoms with Crippen LogP contribution in [0.1, 0.15) is 45.9 Å². The number of ether oxygens (including phenoxy) is 2. The maximum absolute atomic E-state index is 14.6. The molecule has 1 atom stereocenters. The largest absolute Gasteiger partial charge is 0.435 e. The molecule has 3 rings (SSSR count). The summed E-state index contributed by atoms with van der Waals surface area (Å²) in [5.41, 5.74) is 2.60. The van der Waals surface area contributed by atoms with Crippen molar-refractivity contribution in [3.8, 4) is 17.3 Å². The van der Waals surface area contributed by atoms with Crippen LogP contribution in [0.15, 0.2) is 54.6 Å². The van der Waals surface area contributed by atoms with E-state index in [1.165, 1.54) is 6.07 Å². The molecular formula is C28H38FN3O3. The third kappa shape index (κ3) is 7.62. The summed E-state index contributed by atoms with van der Waals surface area (Å²) in [6, 6.07) is 16.1. The summed E-state index contributed by atoms with van der Waals surface area (Å²) in [5, 5.41) is 15.5. The van der Waals surface area contributed by atoms with Gasteiger partial charge in [-0.05, 0) is 50.5 Å². The Labute approximate surface area is 208 Å². The van der Waals surface area contributed by atoms with E-state index >= 15 is 0 Å². The van der Waals surface area contributed by atoms with E-state index in [4.69, 9.17) is 14.6 Å². The number of rotatable bonds is 13. The predicted molar refractivity (Wildman–Crippen MR) is 137 cm³/mol. The molecule has 1 N–H and O–H groups in total. The molecule has 0 amide bonds. The van der Waals surface area contributed by atoms with Crippen molar-refractivity contribution in [1.29, 1.82) is 0 Å². The minimum atomic E-state index is -0.624. The van der Waals surface area contributed by atoms with Crippen LogP contribution in [0.2, 0.25) is 0 Å². The number of halogens is 1. The van der Waals surface area contributed by atoms with Crippen molar-refractivity contribution < 1.29 is 19.0 Å². The highest BCUT2D eigenvalue weighted by Gasteiger charge is 2.25. The maximum atomic E-state index is 14.6. The lowest BCUT2D eigenvalue weighted by molar-refractivity contribution is -0.0109. The zero-order valence-corrected chi connectivity index (χ0v) is 21.4. The topological polar surface area (TPSA) is 59.8 Å². The number of benzene rings is 2. The van der Waals surface area contributed by atoms with Gasteiger partial charge in [0.05, 0.1) is 35.8 Å². The number of nitrogens with zero attached hydrogens (tertiary/aromatic N) is 3. The number of hydrogen-bond acceptors (Lipinski definition) is 5. The van der Waals surface area contributed by atoms with Gasteiger partial charge in [-0.1, -0.05) is 51.1 Å². The highest BCUT2D eigenvalue weighted by molar-refractivity contribution is 5.44. The Bertz CT molecular complexity index is 1050. The van der Waals surface area contributed by atoms with Crippen molar-refractivity contribution >= 4 is 0 Å². The number of aromatic nitrogens is 2. The molecule has 0 fully saturated rings. The third-order valence-electron chi connectivity index (χ3n) is 5.49. The number of aliphatic hydroxyl groups is 1. The first-order valence-corrected chi connectivity index (χ1v) is 12.4. The summed E-state index contributed by atoms with van der Waals surface area (Å²) in [7, 11) is 0. The number of hydrogen-bond donors (Lipinski definition) is 1. The number of aryl methyl sites for hydroxylation is 1. The Morgan fingerprint density at radius 3 is 2.31 bits per heavy atom. The van der Waals surface area contributed by atoms with E-state index in [9.17, 15) is 9.50 Å². The molecule has 0 spiro atoms. The Hall–Kier alpha value is -2.74. The third-order valence-corrected chi connectivity index (χ3v) is 5.49. The second kappa shape index (κ2) is 12.8. The Balaban J connectivity index is 2.00. The van der Waals surface area contributed by atoms with Gasteiger partial charge >= 0.3 is 0 Å². The summed E-state index contributed by atoms with van der Waals surface area (Å²) in [6.07, 6.45) is 0.123. The lowest BCUT2D eigenvalue weighted by atomic mass is 10.1. The first kappa shape index (κ1) is 26.9. The summed E-state index contributed by atoms with van der Waals surface area (Å²) < 4.78 is 28.1. The molecule has 0 aliphatic heterocycles. The number of aliphatic hydroxyl groups excluding tert-OH is 1. The van der Waals surface area contributed by atoms with Crippen LogP contribution in [-0.4, -0.2) is 51.7 Å². The highest BCUT2D eigenvalue weighted by atomic mass is 19.1. The monoisotopic (exact) mass is 483 g/mol. The zero-order chi connectivity index (χ0) is 25.4. The van der Waals surface area contributed by atoms with Crippen LogP contribution >= 0.6 is 0 Å². The van der Waals surface area contributed by atoms with Crippen molar-refractivity contribution in [2.45, 2.75) is 59.8 Å². The van der Waals surface area contributed by atoms with Gasteiger partial charge in [0.15, 0.2) is 11.6 Å². The van der Waals surface area contributed by atoms with E-state index in [1.807, 2.05) is 51.1 Å². The second-order valence-electron chi connectivity index (χ2n) is 9.49. The van der Waals surface area contributed by atoms with Crippen LogP contribution in [0.4, 0.5) is 4.39 Å². The van der Waals surface area contributed by atoms with Gasteiger partial charge in [0.2, 0.25) is 5.88 Å². The Morgan fingerprint density at radius 2 is 1.69 bits per heavy atom. The van der Waals surface area contributed by atoms with Gasteiger partial charge in [0.1, 0.15) is 0 Å². The smallest absolute Gasteiger partial charge is 0.227 e. The molecule has 0 unspecified atom stereocenters. The van der Waals surface area contributed by atoms with Crippen LogP contribution in [0, 0.1) is 11.7 Å². The minimum absolute atomic E-state index is 0.0553. The molecule has 35 heavy (non-hydrogen) atoms. The molecule has 0 bridgehead atoms. The summed E-state index contributed by atoms with van der Waals surface area (Å²) in [6.45, 7) is 12.3. The van der Waals surface area contributed by atoms with Gasteiger partial charge in [-0.15, -0.1) is 0 Å². The molecule has 2 aromatic carbocycles. The molecule has 0 saturated carbocycles. The van der Waals surface area contributed by atoms with Gasteiger partial charge in [-0.3, -0.25) is 4.90 Å². The summed E-state index contributed by atoms with van der Waals surface area (Å²) >= 11 is 0. The molecule has 1 heterocycles. The maximum Gasteiger partial charge on any atom is 0.227 e. The van der Waals surface area contributed by atoms with E-state index in [0.29, 0.717) is 31.3 Å². The van der Waals surface area contributed by atoms with Crippen molar-refractivity contribution in [3.05, 3.63) is 71.7 Å². The molecule has 0 saturated heterocycles. The van der Waals surface area contributed by atoms with E-state index in [-0.39, 0.29) is 18.5 Å². The van der Waals surface area contributed by atoms with Crippen LogP contribution in [0.5, 0.6) is 11.6 Å². The normalized spacial score (nSPS) is 12.6. The van der Waals surface area contributed by atoms with Crippen molar-refractivity contribution in [2.75, 3.05) is 19.7 Å². The van der Waals surface area contributed by atoms with Crippen molar-refractivity contribution in [1.82, 2.24) is 14.7 Å². The highest BCUT2D eigenvalue weighted by Crippen LogP contribution is 2.33. The molecule has 0 radical (unpaired) electrons. The fourth-order valence-corrected chi connectivity index (χ4v) is 4.00. The van der Waals surface area contributed by atoms with Gasteiger partial charge in [0, 0.05) is 19.6 Å². The molecule has 3 aromatic rings. The van der Waals surface area contributed by atoms with E-state index in [1.54, 1.807) is 22.9 Å². The average Bonchev–Trinajstić information content (AvgIpc) is 3.16. The van der Waals surface area contributed by atoms with E-state index in [2.05, 4.69) is 18.7 Å². The van der Waals surface area contributed by atoms with Crippen molar-refractivity contribution in [3.63, 3.8) is 0 Å². The molecular weight excluding hydrogens is 445 g/mol. The molecule has 0 aliphatic rings. The lowest BCUT2D eigenvalue weighted by Gasteiger charge is -2.27. The van der Waals surface area contributed by atoms with Gasteiger partial charge in [0.25, 0.3) is 0 Å². The van der Waals surface area contributed by atoms with Crippen LogP contribution < -0.4 is 4.74 Å². The summed E-state index contributed by atoms with van der Waals surface area (Å²) in [5.74, 6) is 0.588. The van der Waals surface area contributed by atoms with Gasteiger partial charge < -0.3 is 14.6 Å². The molecule has 1 aromatic heterocycles. The fraction of sp³-hybridized carbons (Fsp3) is 0.464. The molecule has 6 nitrogen and oxygen atoms in total. The second-order valence-corrected chi connectivity index (χ2v) is 9.49. The Kier molecular flexibility index (Phi) is 9.83.